The first-order chi connectivity index (χ1) is 9.08. The van der Waals surface area contributed by atoms with Crippen LogP contribution in [0.15, 0.2) is 24.3 Å². The Bertz CT molecular complexity index is 369. The lowest BCUT2D eigenvalue weighted by atomic mass is 10.1. The van der Waals surface area contributed by atoms with E-state index in [9.17, 15) is 9.50 Å². The van der Waals surface area contributed by atoms with Crippen molar-refractivity contribution in [3.63, 3.8) is 0 Å². The number of rotatable bonds is 8. The maximum Gasteiger partial charge on any atom is 0.129 e. The van der Waals surface area contributed by atoms with E-state index in [0.717, 1.165) is 19.6 Å². The largest absolute Gasteiger partial charge is 0.387 e. The van der Waals surface area contributed by atoms with Crippen molar-refractivity contribution >= 4 is 0 Å². The minimum absolute atomic E-state index is 0.265. The molecule has 2 N–H and O–H groups in total. The molecule has 0 amide bonds. The first-order valence-electron chi connectivity index (χ1n) is 6.96. The Kier molecular flexibility index (Phi) is 6.99. The van der Waals surface area contributed by atoms with E-state index in [1.54, 1.807) is 18.2 Å². The highest BCUT2D eigenvalue weighted by molar-refractivity contribution is 5.19. The molecule has 1 rings (SSSR count). The Morgan fingerprint density at radius 3 is 2.47 bits per heavy atom. The second-order valence-electron chi connectivity index (χ2n) is 4.83. The van der Waals surface area contributed by atoms with Crippen LogP contribution in [-0.4, -0.2) is 42.2 Å². The molecule has 2 unspecified atom stereocenters. The van der Waals surface area contributed by atoms with Crippen molar-refractivity contribution in [3.8, 4) is 0 Å². The molecule has 0 heterocycles. The summed E-state index contributed by atoms with van der Waals surface area (Å²) >= 11 is 0. The first kappa shape index (κ1) is 16.1. The van der Waals surface area contributed by atoms with Crippen LogP contribution in [0.3, 0.4) is 0 Å². The second kappa shape index (κ2) is 8.25. The monoisotopic (exact) mass is 268 g/mol. The van der Waals surface area contributed by atoms with Crippen molar-refractivity contribution in [1.29, 1.82) is 0 Å². The molecule has 0 aliphatic rings. The number of hydrogen-bond acceptors (Lipinski definition) is 3. The van der Waals surface area contributed by atoms with Crippen LogP contribution >= 0.6 is 0 Å². The third-order valence-electron chi connectivity index (χ3n) is 3.35. The molecule has 0 fully saturated rings. The zero-order chi connectivity index (χ0) is 14.3. The molecule has 0 bridgehead atoms. The van der Waals surface area contributed by atoms with Gasteiger partial charge in [0.25, 0.3) is 0 Å². The predicted octanol–water partition coefficient (Wildman–Crippen LogP) is 2.18. The van der Waals surface area contributed by atoms with E-state index in [1.165, 1.54) is 6.07 Å². The average Bonchev–Trinajstić information content (AvgIpc) is 2.42. The molecule has 3 nitrogen and oxygen atoms in total. The van der Waals surface area contributed by atoms with E-state index in [-0.39, 0.29) is 11.9 Å². The van der Waals surface area contributed by atoms with Gasteiger partial charge in [-0.05, 0) is 26.1 Å². The van der Waals surface area contributed by atoms with Gasteiger partial charge in [-0.2, -0.15) is 0 Å². The molecule has 19 heavy (non-hydrogen) atoms. The molecule has 2 atom stereocenters. The fourth-order valence-corrected chi connectivity index (χ4v) is 2.10. The van der Waals surface area contributed by atoms with Crippen LogP contribution in [0.2, 0.25) is 0 Å². The van der Waals surface area contributed by atoms with Gasteiger partial charge in [0.05, 0.1) is 6.10 Å². The topological polar surface area (TPSA) is 35.5 Å². The van der Waals surface area contributed by atoms with Crippen molar-refractivity contribution in [2.24, 2.45) is 0 Å². The number of aliphatic hydroxyl groups is 1. The number of likely N-dealkylation sites (N-methyl/N-ethyl adjacent to an activating group) is 1. The van der Waals surface area contributed by atoms with Gasteiger partial charge in [0.15, 0.2) is 0 Å². The minimum Gasteiger partial charge on any atom is -0.387 e. The highest BCUT2D eigenvalue weighted by Crippen LogP contribution is 2.15. The zero-order valence-corrected chi connectivity index (χ0v) is 12.1. The third kappa shape index (κ3) is 5.27. The summed E-state index contributed by atoms with van der Waals surface area (Å²) in [5, 5.41) is 13.2. The molecule has 0 radical (unpaired) electrons. The van der Waals surface area contributed by atoms with Gasteiger partial charge in [0.1, 0.15) is 5.82 Å². The lowest BCUT2D eigenvalue weighted by molar-refractivity contribution is 0.161. The van der Waals surface area contributed by atoms with Gasteiger partial charge in [-0.25, -0.2) is 4.39 Å². The van der Waals surface area contributed by atoms with E-state index >= 15 is 0 Å². The van der Waals surface area contributed by atoms with Gasteiger partial charge in [0, 0.05) is 24.7 Å². The van der Waals surface area contributed by atoms with Crippen LogP contribution < -0.4 is 5.32 Å². The summed E-state index contributed by atoms with van der Waals surface area (Å²) in [4.78, 5) is 2.31. The molecule has 0 spiro atoms. The Morgan fingerprint density at radius 1 is 1.26 bits per heavy atom. The number of benzene rings is 1. The van der Waals surface area contributed by atoms with E-state index < -0.39 is 6.10 Å². The van der Waals surface area contributed by atoms with Gasteiger partial charge in [-0.3, -0.25) is 0 Å². The van der Waals surface area contributed by atoms with Crippen LogP contribution in [0.25, 0.3) is 0 Å². The van der Waals surface area contributed by atoms with E-state index in [2.05, 4.69) is 31.0 Å². The number of hydrogen-bond donors (Lipinski definition) is 2. The normalized spacial score (nSPS) is 14.6. The summed E-state index contributed by atoms with van der Waals surface area (Å²) in [5.74, 6) is -0.354. The molecule has 0 aromatic heterocycles. The predicted molar refractivity (Wildman–Crippen MR) is 76.6 cm³/mol. The average molecular weight is 268 g/mol. The second-order valence-corrected chi connectivity index (χ2v) is 4.83. The fourth-order valence-electron chi connectivity index (χ4n) is 2.10. The summed E-state index contributed by atoms with van der Waals surface area (Å²) in [6, 6.07) is 6.62. The summed E-state index contributed by atoms with van der Waals surface area (Å²) in [7, 11) is 0. The van der Waals surface area contributed by atoms with Crippen LogP contribution in [0.5, 0.6) is 0 Å². The molecule has 0 saturated heterocycles. The van der Waals surface area contributed by atoms with Gasteiger partial charge < -0.3 is 15.3 Å². The third-order valence-corrected chi connectivity index (χ3v) is 3.35. The van der Waals surface area contributed by atoms with E-state index in [4.69, 9.17) is 0 Å². The van der Waals surface area contributed by atoms with Gasteiger partial charge in [-0.1, -0.05) is 32.0 Å². The minimum atomic E-state index is -0.805. The molecule has 0 aliphatic carbocycles. The standard InChI is InChI=1S/C15H25FN2O/c1-4-18(5-2)11-12(3)17-10-15(19)13-8-6-7-9-14(13)16/h6-9,12,15,17,19H,4-5,10-11H2,1-3H3. The Balaban J connectivity index is 2.42. The Morgan fingerprint density at radius 2 is 1.89 bits per heavy atom. The van der Waals surface area contributed by atoms with Crippen molar-refractivity contribution in [3.05, 3.63) is 35.6 Å². The smallest absolute Gasteiger partial charge is 0.129 e. The molecule has 1 aromatic carbocycles. The summed E-state index contributed by atoms with van der Waals surface area (Å²) < 4.78 is 13.5. The summed E-state index contributed by atoms with van der Waals surface area (Å²) in [5.41, 5.74) is 0.352. The van der Waals surface area contributed by atoms with Crippen LogP contribution in [0.1, 0.15) is 32.4 Å². The molecule has 0 saturated carbocycles. The maximum absolute atomic E-state index is 13.5. The summed E-state index contributed by atoms with van der Waals surface area (Å²) in [6.45, 7) is 9.65. The highest BCUT2D eigenvalue weighted by atomic mass is 19.1. The quantitative estimate of drug-likeness (QED) is 0.758. The Labute approximate surface area is 115 Å². The number of nitrogens with zero attached hydrogens (tertiary/aromatic N) is 1. The zero-order valence-electron chi connectivity index (χ0n) is 12.1. The van der Waals surface area contributed by atoms with Gasteiger partial charge in [-0.15, -0.1) is 0 Å². The van der Waals surface area contributed by atoms with Crippen LogP contribution in [0, 0.1) is 5.82 Å². The van der Waals surface area contributed by atoms with Crippen molar-refractivity contribution in [2.75, 3.05) is 26.2 Å². The molecular weight excluding hydrogens is 243 g/mol. The lowest BCUT2D eigenvalue weighted by Crippen LogP contribution is -2.40. The van der Waals surface area contributed by atoms with Crippen LogP contribution in [0.4, 0.5) is 4.39 Å². The Hall–Kier alpha value is -0.970. The number of aliphatic hydroxyl groups excluding tert-OH is 1. The first-order valence-corrected chi connectivity index (χ1v) is 6.96. The maximum atomic E-state index is 13.5. The molecular formula is C15H25FN2O. The van der Waals surface area contributed by atoms with Gasteiger partial charge >= 0.3 is 0 Å². The van der Waals surface area contributed by atoms with E-state index in [0.29, 0.717) is 12.1 Å². The number of nitrogens with one attached hydrogen (secondary N) is 1. The molecule has 0 aliphatic heterocycles. The van der Waals surface area contributed by atoms with Crippen molar-refractivity contribution in [1.82, 2.24) is 10.2 Å². The molecule has 1 aromatic rings. The van der Waals surface area contributed by atoms with Gasteiger partial charge in [0.2, 0.25) is 0 Å². The van der Waals surface area contributed by atoms with E-state index in [1.807, 2.05) is 0 Å². The lowest BCUT2D eigenvalue weighted by Gasteiger charge is -2.24. The molecule has 4 heteroatoms. The molecule has 108 valence electrons. The summed E-state index contributed by atoms with van der Waals surface area (Å²) in [6.07, 6.45) is -0.805. The number of halogens is 1. The SMILES string of the molecule is CCN(CC)CC(C)NCC(O)c1ccccc1F. The van der Waals surface area contributed by atoms with Crippen molar-refractivity contribution < 1.29 is 9.50 Å². The van der Waals surface area contributed by atoms with Crippen molar-refractivity contribution in [2.45, 2.75) is 32.9 Å². The highest BCUT2D eigenvalue weighted by Gasteiger charge is 2.14. The van der Waals surface area contributed by atoms with Crippen LogP contribution in [-0.2, 0) is 0 Å². The fraction of sp³-hybridized carbons (Fsp3) is 0.600.